The van der Waals surface area contributed by atoms with Gasteiger partial charge in [0.1, 0.15) is 6.54 Å². The van der Waals surface area contributed by atoms with E-state index >= 15 is 0 Å². The molecule has 0 bridgehead atoms. The largest absolute Gasteiger partial charge is 0.493 e. The van der Waals surface area contributed by atoms with Crippen LogP contribution in [-0.4, -0.2) is 34.8 Å². The summed E-state index contributed by atoms with van der Waals surface area (Å²) in [6.45, 7) is -0.252. The maximum Gasteiger partial charge on any atom is 0.323 e. The number of aromatic nitrogens is 2. The number of hydrogen-bond acceptors (Lipinski definition) is 5. The second-order valence-corrected chi connectivity index (χ2v) is 3.65. The van der Waals surface area contributed by atoms with Crippen LogP contribution < -0.4 is 15.2 Å². The Morgan fingerprint density at radius 3 is 2.56 bits per heavy atom. The van der Waals surface area contributed by atoms with Crippen molar-refractivity contribution in [2.24, 2.45) is 0 Å². The van der Waals surface area contributed by atoms with E-state index in [4.69, 9.17) is 20.3 Å². The summed E-state index contributed by atoms with van der Waals surface area (Å²) >= 11 is 0. The first-order valence-corrected chi connectivity index (χ1v) is 5.16. The van der Waals surface area contributed by atoms with Gasteiger partial charge in [0.05, 0.1) is 25.3 Å². The van der Waals surface area contributed by atoms with Crippen molar-refractivity contribution in [1.29, 1.82) is 0 Å². The average molecular weight is 251 g/mol. The number of ether oxygens (including phenoxy) is 2. The number of nitrogens with two attached hydrogens (primary N) is 1. The number of rotatable bonds is 4. The number of methoxy groups -OCH3 is 2. The standard InChI is InChI=1S/C11H13N3O4/c1-17-8-3-6-7(4-9(8)18-2)14(5-10(15)16)11(12)13-6/h3-4H,5H2,1-2H3,(H2,12,13)(H,15,16). The number of aliphatic carboxylic acids is 1. The molecule has 18 heavy (non-hydrogen) atoms. The van der Waals surface area contributed by atoms with Gasteiger partial charge in [-0.05, 0) is 0 Å². The minimum atomic E-state index is -0.990. The molecular formula is C11H13N3O4. The van der Waals surface area contributed by atoms with Crippen LogP contribution >= 0.6 is 0 Å². The molecule has 0 atom stereocenters. The Bertz CT molecular complexity index is 606. The smallest absolute Gasteiger partial charge is 0.323 e. The molecule has 1 heterocycles. The van der Waals surface area contributed by atoms with Crippen molar-refractivity contribution in [2.45, 2.75) is 6.54 Å². The Hall–Kier alpha value is -2.44. The van der Waals surface area contributed by atoms with Gasteiger partial charge in [-0.15, -0.1) is 0 Å². The maximum atomic E-state index is 10.8. The second-order valence-electron chi connectivity index (χ2n) is 3.65. The summed E-state index contributed by atoms with van der Waals surface area (Å²) in [5, 5.41) is 8.84. The van der Waals surface area contributed by atoms with Crippen LogP contribution in [0.3, 0.4) is 0 Å². The summed E-state index contributed by atoms with van der Waals surface area (Å²) in [6.07, 6.45) is 0. The van der Waals surface area contributed by atoms with Gasteiger partial charge in [0.2, 0.25) is 5.95 Å². The third-order valence-electron chi connectivity index (χ3n) is 2.58. The average Bonchev–Trinajstić information content (AvgIpc) is 2.63. The molecule has 0 fully saturated rings. The number of hydrogen-bond donors (Lipinski definition) is 2. The molecule has 0 aliphatic heterocycles. The highest BCUT2D eigenvalue weighted by Gasteiger charge is 2.15. The lowest BCUT2D eigenvalue weighted by atomic mass is 10.2. The molecule has 0 aliphatic carbocycles. The van der Waals surface area contributed by atoms with Crippen LogP contribution in [0.1, 0.15) is 0 Å². The Morgan fingerprint density at radius 1 is 1.39 bits per heavy atom. The number of carbonyl (C=O) groups is 1. The third kappa shape index (κ3) is 1.90. The predicted octanol–water partition coefficient (Wildman–Crippen LogP) is 0.720. The molecule has 3 N–H and O–H groups in total. The van der Waals surface area contributed by atoms with Crippen LogP contribution in [0.4, 0.5) is 5.95 Å². The zero-order chi connectivity index (χ0) is 13.3. The number of fused-ring (bicyclic) bond motifs is 1. The zero-order valence-corrected chi connectivity index (χ0v) is 10.0. The van der Waals surface area contributed by atoms with E-state index in [0.29, 0.717) is 22.5 Å². The van der Waals surface area contributed by atoms with Gasteiger partial charge in [-0.2, -0.15) is 0 Å². The summed E-state index contributed by atoms with van der Waals surface area (Å²) in [7, 11) is 3.02. The molecule has 7 nitrogen and oxygen atoms in total. The fourth-order valence-electron chi connectivity index (χ4n) is 1.77. The normalized spacial score (nSPS) is 10.6. The molecule has 0 unspecified atom stereocenters. The van der Waals surface area contributed by atoms with E-state index in [-0.39, 0.29) is 12.5 Å². The van der Waals surface area contributed by atoms with E-state index in [9.17, 15) is 4.79 Å². The van der Waals surface area contributed by atoms with Gasteiger partial charge in [0, 0.05) is 12.1 Å². The molecule has 0 aliphatic rings. The summed E-state index contributed by atoms with van der Waals surface area (Å²) in [6, 6.07) is 3.31. The van der Waals surface area contributed by atoms with Crippen molar-refractivity contribution < 1.29 is 19.4 Å². The van der Waals surface area contributed by atoms with Crippen LogP contribution in [0.15, 0.2) is 12.1 Å². The Balaban J connectivity index is 2.66. The number of anilines is 1. The highest BCUT2D eigenvalue weighted by Crippen LogP contribution is 2.32. The molecule has 0 amide bonds. The van der Waals surface area contributed by atoms with Gasteiger partial charge in [-0.25, -0.2) is 4.98 Å². The van der Waals surface area contributed by atoms with E-state index in [0.717, 1.165) is 0 Å². The van der Waals surface area contributed by atoms with Gasteiger partial charge in [-0.1, -0.05) is 0 Å². The molecule has 0 saturated carbocycles. The summed E-state index contributed by atoms with van der Waals surface area (Å²) in [5.74, 6) is 0.167. The van der Waals surface area contributed by atoms with Crippen molar-refractivity contribution >= 4 is 23.0 Å². The predicted molar refractivity (Wildman–Crippen MR) is 64.9 cm³/mol. The van der Waals surface area contributed by atoms with Gasteiger partial charge >= 0.3 is 5.97 Å². The fraction of sp³-hybridized carbons (Fsp3) is 0.273. The Kier molecular flexibility index (Phi) is 2.97. The van der Waals surface area contributed by atoms with Crippen LogP contribution in [0.5, 0.6) is 11.5 Å². The number of carboxylic acids is 1. The lowest BCUT2D eigenvalue weighted by molar-refractivity contribution is -0.137. The minimum Gasteiger partial charge on any atom is -0.493 e. The lowest BCUT2D eigenvalue weighted by Gasteiger charge is -2.08. The maximum absolute atomic E-state index is 10.8. The van der Waals surface area contributed by atoms with Gasteiger partial charge in [-0.3, -0.25) is 9.36 Å². The Morgan fingerprint density at radius 2 is 2.00 bits per heavy atom. The first-order valence-electron chi connectivity index (χ1n) is 5.16. The van der Waals surface area contributed by atoms with Crippen molar-refractivity contribution in [2.75, 3.05) is 20.0 Å². The number of carboxylic acid groups (broad SMARTS) is 1. The van der Waals surface area contributed by atoms with E-state index in [1.165, 1.54) is 18.8 Å². The molecular weight excluding hydrogens is 238 g/mol. The summed E-state index contributed by atoms with van der Waals surface area (Å²) in [5.41, 5.74) is 6.84. The van der Waals surface area contributed by atoms with Crippen molar-refractivity contribution in [3.05, 3.63) is 12.1 Å². The minimum absolute atomic E-state index is 0.141. The van der Waals surface area contributed by atoms with Gasteiger partial charge < -0.3 is 20.3 Å². The highest BCUT2D eigenvalue weighted by atomic mass is 16.5. The number of benzene rings is 1. The molecule has 7 heteroatoms. The van der Waals surface area contributed by atoms with E-state index < -0.39 is 5.97 Å². The quantitative estimate of drug-likeness (QED) is 0.830. The molecule has 0 saturated heterocycles. The first-order chi connectivity index (χ1) is 8.56. The zero-order valence-electron chi connectivity index (χ0n) is 10.0. The van der Waals surface area contributed by atoms with Crippen LogP contribution in [0, 0.1) is 0 Å². The topological polar surface area (TPSA) is 99.6 Å². The van der Waals surface area contributed by atoms with E-state index in [1.54, 1.807) is 12.1 Å². The van der Waals surface area contributed by atoms with Crippen molar-refractivity contribution in [3.63, 3.8) is 0 Å². The lowest BCUT2D eigenvalue weighted by Crippen LogP contribution is -2.11. The summed E-state index contributed by atoms with van der Waals surface area (Å²) in [4.78, 5) is 14.9. The third-order valence-corrected chi connectivity index (χ3v) is 2.58. The fourth-order valence-corrected chi connectivity index (χ4v) is 1.77. The van der Waals surface area contributed by atoms with Gasteiger partial charge in [0.25, 0.3) is 0 Å². The molecule has 96 valence electrons. The number of nitrogen functional groups attached to an aromatic ring is 1. The molecule has 1 aromatic heterocycles. The van der Waals surface area contributed by atoms with Crippen molar-refractivity contribution in [3.8, 4) is 11.5 Å². The SMILES string of the molecule is COc1cc2nc(N)n(CC(=O)O)c2cc1OC. The molecule has 0 radical (unpaired) electrons. The van der Waals surface area contributed by atoms with Crippen LogP contribution in [-0.2, 0) is 11.3 Å². The molecule has 2 rings (SSSR count). The van der Waals surface area contributed by atoms with E-state index in [1.807, 2.05) is 0 Å². The number of imidazole rings is 1. The molecule has 0 spiro atoms. The van der Waals surface area contributed by atoms with Crippen LogP contribution in [0.25, 0.3) is 11.0 Å². The van der Waals surface area contributed by atoms with Crippen LogP contribution in [0.2, 0.25) is 0 Å². The Labute approximate surface area is 103 Å². The first kappa shape index (κ1) is 12.0. The molecule has 1 aromatic carbocycles. The van der Waals surface area contributed by atoms with E-state index in [2.05, 4.69) is 4.98 Å². The highest BCUT2D eigenvalue weighted by molar-refractivity contribution is 5.84. The van der Waals surface area contributed by atoms with Gasteiger partial charge in [0.15, 0.2) is 11.5 Å². The second kappa shape index (κ2) is 4.44. The summed E-state index contributed by atoms with van der Waals surface area (Å²) < 4.78 is 11.7. The van der Waals surface area contributed by atoms with Crippen molar-refractivity contribution in [1.82, 2.24) is 9.55 Å². The monoisotopic (exact) mass is 251 g/mol. The molecule has 2 aromatic rings. The number of nitrogens with zero attached hydrogens (tertiary/aromatic N) is 2.